The van der Waals surface area contributed by atoms with Crippen molar-refractivity contribution in [3.63, 3.8) is 0 Å². The number of hydrogen-bond acceptors (Lipinski definition) is 1. The molecule has 0 saturated heterocycles. The molecule has 1 N–H and O–H groups in total. The summed E-state index contributed by atoms with van der Waals surface area (Å²) in [7, 11) is 0. The van der Waals surface area contributed by atoms with Crippen molar-refractivity contribution >= 4 is 0 Å². The van der Waals surface area contributed by atoms with Crippen molar-refractivity contribution < 1.29 is 0 Å². The summed E-state index contributed by atoms with van der Waals surface area (Å²) >= 11 is 0. The van der Waals surface area contributed by atoms with Crippen LogP contribution in [0.3, 0.4) is 0 Å². The molecule has 100 valence electrons. The highest BCUT2D eigenvalue weighted by atomic mass is 14.9. The Balaban J connectivity index is 1.67. The summed E-state index contributed by atoms with van der Waals surface area (Å²) in [5.74, 6) is 2.92. The summed E-state index contributed by atoms with van der Waals surface area (Å²) < 4.78 is 0. The van der Waals surface area contributed by atoms with Crippen LogP contribution in [0.25, 0.3) is 0 Å². The average Bonchev–Trinajstić information content (AvgIpc) is 3.11. The zero-order valence-electron chi connectivity index (χ0n) is 11.9. The molecule has 0 aromatic rings. The smallest absolute Gasteiger partial charge is 0.00683 e. The first-order valence-corrected chi connectivity index (χ1v) is 7.99. The van der Waals surface area contributed by atoms with E-state index < -0.39 is 0 Å². The topological polar surface area (TPSA) is 12.0 Å². The van der Waals surface area contributed by atoms with Gasteiger partial charge < -0.3 is 5.32 Å². The van der Waals surface area contributed by atoms with E-state index in [0.717, 1.165) is 23.8 Å². The van der Waals surface area contributed by atoms with E-state index in [2.05, 4.69) is 19.2 Å². The second kappa shape index (κ2) is 6.78. The van der Waals surface area contributed by atoms with E-state index in [0.29, 0.717) is 0 Å². The molecule has 0 aromatic carbocycles. The van der Waals surface area contributed by atoms with E-state index in [1.165, 1.54) is 64.3 Å². The molecule has 2 rings (SSSR count). The highest BCUT2D eigenvalue weighted by Gasteiger charge is 2.27. The predicted molar refractivity (Wildman–Crippen MR) is 75.2 cm³/mol. The van der Waals surface area contributed by atoms with Crippen molar-refractivity contribution in [2.24, 2.45) is 17.8 Å². The molecule has 1 nitrogen and oxygen atoms in total. The lowest BCUT2D eigenvalue weighted by molar-refractivity contribution is 0.210. The highest BCUT2D eigenvalue weighted by molar-refractivity contribution is 4.84. The quantitative estimate of drug-likeness (QED) is 0.693. The molecule has 2 fully saturated rings. The molecule has 0 radical (unpaired) electrons. The molecule has 0 bridgehead atoms. The van der Waals surface area contributed by atoms with Gasteiger partial charge in [0.25, 0.3) is 0 Å². The Morgan fingerprint density at radius 1 is 1.00 bits per heavy atom. The Morgan fingerprint density at radius 3 is 2.35 bits per heavy atom. The van der Waals surface area contributed by atoms with Crippen LogP contribution >= 0.6 is 0 Å². The summed E-state index contributed by atoms with van der Waals surface area (Å²) in [5, 5.41) is 3.76. The molecule has 2 aliphatic carbocycles. The van der Waals surface area contributed by atoms with Gasteiger partial charge in [0.15, 0.2) is 0 Å². The molecule has 0 aliphatic heterocycles. The molecular formula is C16H31N. The lowest BCUT2D eigenvalue weighted by atomic mass is 9.76. The van der Waals surface area contributed by atoms with E-state index in [1.54, 1.807) is 0 Å². The van der Waals surface area contributed by atoms with Gasteiger partial charge in [-0.1, -0.05) is 52.4 Å². The van der Waals surface area contributed by atoms with E-state index in [9.17, 15) is 0 Å². The van der Waals surface area contributed by atoms with Crippen LogP contribution in [0.2, 0.25) is 0 Å². The molecule has 0 spiro atoms. The molecule has 2 atom stereocenters. The van der Waals surface area contributed by atoms with Gasteiger partial charge in [0.2, 0.25) is 0 Å². The largest absolute Gasteiger partial charge is 0.314 e. The fraction of sp³-hybridized carbons (Fsp3) is 1.00. The van der Waals surface area contributed by atoms with Crippen LogP contribution in [-0.4, -0.2) is 12.6 Å². The molecule has 2 aliphatic rings. The van der Waals surface area contributed by atoms with Crippen molar-refractivity contribution in [1.29, 1.82) is 0 Å². The van der Waals surface area contributed by atoms with Gasteiger partial charge in [-0.15, -0.1) is 0 Å². The maximum Gasteiger partial charge on any atom is 0.00683 e. The van der Waals surface area contributed by atoms with Gasteiger partial charge in [-0.3, -0.25) is 0 Å². The minimum atomic E-state index is 0.890. The lowest BCUT2D eigenvalue weighted by Gasteiger charge is -2.32. The molecule has 0 aromatic heterocycles. The first kappa shape index (κ1) is 13.4. The molecule has 0 heterocycles. The Morgan fingerprint density at radius 2 is 1.71 bits per heavy atom. The van der Waals surface area contributed by atoms with Crippen molar-refractivity contribution in [2.75, 3.05) is 6.54 Å². The Kier molecular flexibility index (Phi) is 5.34. The maximum absolute atomic E-state index is 3.76. The fourth-order valence-electron chi connectivity index (χ4n) is 3.33. The minimum absolute atomic E-state index is 0.890. The monoisotopic (exact) mass is 237 g/mol. The van der Waals surface area contributed by atoms with E-state index >= 15 is 0 Å². The molecule has 2 saturated carbocycles. The molecule has 17 heavy (non-hydrogen) atoms. The van der Waals surface area contributed by atoms with Crippen molar-refractivity contribution in [2.45, 2.75) is 77.7 Å². The Hall–Kier alpha value is -0.0400. The first-order valence-electron chi connectivity index (χ1n) is 7.99. The fourth-order valence-corrected chi connectivity index (χ4v) is 3.33. The summed E-state index contributed by atoms with van der Waals surface area (Å²) in [6.45, 7) is 6.02. The van der Waals surface area contributed by atoms with Gasteiger partial charge >= 0.3 is 0 Å². The Bertz CT molecular complexity index is 208. The number of rotatable bonds is 7. The zero-order chi connectivity index (χ0) is 12.1. The van der Waals surface area contributed by atoms with Crippen LogP contribution in [-0.2, 0) is 0 Å². The maximum atomic E-state index is 3.76. The third-order valence-corrected chi connectivity index (χ3v) is 4.67. The molecule has 1 heteroatoms. The van der Waals surface area contributed by atoms with Crippen LogP contribution in [0.4, 0.5) is 0 Å². The van der Waals surface area contributed by atoms with Gasteiger partial charge in [-0.2, -0.15) is 0 Å². The van der Waals surface area contributed by atoms with Gasteiger partial charge in [0.05, 0.1) is 0 Å². The SMILES string of the molecule is CC(C)CCCC1CCCCC1CNC1CC1. The van der Waals surface area contributed by atoms with Crippen molar-refractivity contribution in [3.05, 3.63) is 0 Å². The molecular weight excluding hydrogens is 206 g/mol. The summed E-state index contributed by atoms with van der Waals surface area (Å²) in [4.78, 5) is 0. The standard InChI is InChI=1S/C16H31N/c1-13(2)6-5-9-14-7-3-4-8-15(14)12-17-16-10-11-16/h13-17H,3-12H2,1-2H3. The predicted octanol–water partition coefficient (Wildman–Crippen LogP) is 4.37. The second-order valence-corrected chi connectivity index (χ2v) is 6.81. The Labute approximate surface area is 108 Å². The van der Waals surface area contributed by atoms with E-state index in [-0.39, 0.29) is 0 Å². The van der Waals surface area contributed by atoms with Gasteiger partial charge in [0.1, 0.15) is 0 Å². The minimum Gasteiger partial charge on any atom is -0.314 e. The lowest BCUT2D eigenvalue weighted by Crippen LogP contribution is -2.31. The average molecular weight is 237 g/mol. The highest BCUT2D eigenvalue weighted by Crippen LogP contribution is 2.34. The summed E-state index contributed by atoms with van der Waals surface area (Å²) in [5.41, 5.74) is 0. The van der Waals surface area contributed by atoms with Crippen molar-refractivity contribution in [3.8, 4) is 0 Å². The zero-order valence-corrected chi connectivity index (χ0v) is 11.9. The normalized spacial score (nSPS) is 29.8. The first-order chi connectivity index (χ1) is 8.25. The van der Waals surface area contributed by atoms with Crippen LogP contribution in [0.15, 0.2) is 0 Å². The van der Waals surface area contributed by atoms with Crippen LogP contribution in [0, 0.1) is 17.8 Å². The third kappa shape index (κ3) is 4.99. The summed E-state index contributed by atoms with van der Waals surface area (Å²) in [6.07, 6.45) is 13.2. The molecule has 0 amide bonds. The van der Waals surface area contributed by atoms with Gasteiger partial charge in [-0.05, 0) is 43.6 Å². The third-order valence-electron chi connectivity index (χ3n) is 4.67. The van der Waals surface area contributed by atoms with Crippen LogP contribution in [0.5, 0.6) is 0 Å². The summed E-state index contributed by atoms with van der Waals surface area (Å²) in [6, 6.07) is 0.897. The molecule has 2 unspecified atom stereocenters. The van der Waals surface area contributed by atoms with Gasteiger partial charge in [0, 0.05) is 6.04 Å². The van der Waals surface area contributed by atoms with E-state index in [4.69, 9.17) is 0 Å². The van der Waals surface area contributed by atoms with Crippen LogP contribution < -0.4 is 5.32 Å². The van der Waals surface area contributed by atoms with E-state index in [1.807, 2.05) is 0 Å². The van der Waals surface area contributed by atoms with Gasteiger partial charge in [-0.25, -0.2) is 0 Å². The van der Waals surface area contributed by atoms with Crippen LogP contribution in [0.1, 0.15) is 71.6 Å². The number of nitrogens with one attached hydrogen (secondary N) is 1. The van der Waals surface area contributed by atoms with Crippen molar-refractivity contribution in [1.82, 2.24) is 5.32 Å². The second-order valence-electron chi connectivity index (χ2n) is 6.81. The number of hydrogen-bond donors (Lipinski definition) is 1.